The minimum atomic E-state index is -4.46. The Morgan fingerprint density at radius 2 is 2.10 bits per heavy atom. The molecule has 0 rings (SSSR count). The molecule has 0 radical (unpaired) electrons. The number of hydrogen-bond acceptors (Lipinski definition) is 7. The molecule has 0 aromatic heterocycles. The Labute approximate surface area is 61.1 Å². The highest BCUT2D eigenvalue weighted by Crippen LogP contribution is 2.02. The molecule has 0 fully saturated rings. The topological polar surface area (TPSA) is 110 Å². The first-order valence-corrected chi connectivity index (χ1v) is 3.30. The summed E-state index contributed by atoms with van der Waals surface area (Å²) in [5, 5.41) is 7.99. The van der Waals surface area contributed by atoms with E-state index < -0.39 is 15.4 Å². The van der Waals surface area contributed by atoms with Crippen molar-refractivity contribution in [1.82, 2.24) is 0 Å². The summed E-state index contributed by atoms with van der Waals surface area (Å²) >= 11 is 2.81. The average Bonchev–Trinajstić information content (AvgIpc) is 1.85. The average molecular weight is 189 g/mol. The summed E-state index contributed by atoms with van der Waals surface area (Å²) in [6.07, 6.45) is 0. The van der Waals surface area contributed by atoms with Crippen LogP contribution in [0.1, 0.15) is 0 Å². The van der Waals surface area contributed by atoms with Gasteiger partial charge < -0.3 is 0 Å². The van der Waals surface area contributed by atoms with Crippen molar-refractivity contribution >= 4 is 23.3 Å². The standard InChI is InChI=1S/HN2O6S2/c3-2(4)1-7-10(5,6)8-9/h9H/q-1. The van der Waals surface area contributed by atoms with Gasteiger partial charge in [-0.2, -0.15) is 12.0 Å². The highest BCUT2D eigenvalue weighted by molar-refractivity contribution is 7.92. The molecule has 8 nitrogen and oxygen atoms in total. The van der Waals surface area contributed by atoms with Crippen molar-refractivity contribution in [2.45, 2.75) is 0 Å². The van der Waals surface area contributed by atoms with Crippen LogP contribution in [0.4, 0.5) is 0 Å². The van der Waals surface area contributed by atoms with Gasteiger partial charge in [0.1, 0.15) is 0 Å². The van der Waals surface area contributed by atoms with Crippen LogP contribution >= 0.6 is 12.9 Å². The zero-order valence-electron chi connectivity index (χ0n) is 4.20. The Morgan fingerprint density at radius 1 is 1.60 bits per heavy atom. The van der Waals surface area contributed by atoms with E-state index in [4.69, 9.17) is 0 Å². The molecule has 60 valence electrons. The monoisotopic (exact) mass is 189 g/mol. The molecule has 0 spiro atoms. The summed E-state index contributed by atoms with van der Waals surface area (Å²) in [7, 11) is -4.46. The number of thiol groups is 1. The van der Waals surface area contributed by atoms with Gasteiger partial charge in [0.05, 0.1) is 0 Å². The lowest BCUT2D eigenvalue weighted by molar-refractivity contribution is -0.455. The molecule has 0 unspecified atom stereocenters. The Morgan fingerprint density at radius 3 is 2.40 bits per heavy atom. The van der Waals surface area contributed by atoms with E-state index in [1.807, 2.05) is 5.59 Å². The van der Waals surface area contributed by atoms with Crippen LogP contribution < -0.4 is 0 Å². The fraction of sp³-hybridized carbons (Fsp3) is 0. The summed E-state index contributed by atoms with van der Waals surface area (Å²) in [6, 6.07) is 0. The Kier molecular flexibility index (Phi) is 3.35. The first kappa shape index (κ1) is 9.42. The van der Waals surface area contributed by atoms with Gasteiger partial charge in [-0.3, -0.25) is 14.4 Å². The molecule has 0 aliphatic heterocycles. The van der Waals surface area contributed by atoms with Gasteiger partial charge in [-0.05, 0) is 12.9 Å². The zero-order valence-corrected chi connectivity index (χ0v) is 5.91. The molecule has 0 heterocycles. The first-order chi connectivity index (χ1) is 4.48. The molecule has 0 aromatic carbocycles. The summed E-state index contributed by atoms with van der Waals surface area (Å²) in [6.45, 7) is 0. The van der Waals surface area contributed by atoms with E-state index in [0.717, 1.165) is 0 Å². The van der Waals surface area contributed by atoms with E-state index in [1.165, 1.54) is 0 Å². The predicted molar refractivity (Wildman–Crippen MR) is 30.4 cm³/mol. The quantitative estimate of drug-likeness (QED) is 0.278. The van der Waals surface area contributed by atoms with Crippen LogP contribution in [-0.2, 0) is 18.3 Å². The van der Waals surface area contributed by atoms with E-state index in [0.29, 0.717) is 0 Å². The molecule has 10 heavy (non-hydrogen) atoms. The molecule has 0 aromatic rings. The van der Waals surface area contributed by atoms with Crippen molar-refractivity contribution in [3.63, 3.8) is 0 Å². The number of hydrogen-bond donors (Lipinski definition) is 1. The molecule has 0 aliphatic rings. The maximum atomic E-state index is 9.98. The van der Waals surface area contributed by atoms with E-state index >= 15 is 0 Å². The highest BCUT2D eigenvalue weighted by atomic mass is 32.3. The zero-order chi connectivity index (χ0) is 8.20. The van der Waals surface area contributed by atoms with Crippen LogP contribution in [0, 0.1) is 10.1 Å². The third-order valence-corrected chi connectivity index (χ3v) is 1.26. The third kappa shape index (κ3) is 4.31. The number of nitrogens with zero attached hydrogens (tertiary/aromatic N) is 2. The minimum absolute atomic E-state index is 1.34. The second-order valence-electron chi connectivity index (χ2n) is 0.877. The summed E-state index contributed by atoms with van der Waals surface area (Å²) in [5.41, 5.74) is 1.93. The van der Waals surface area contributed by atoms with Crippen molar-refractivity contribution in [2.75, 3.05) is 0 Å². The van der Waals surface area contributed by atoms with Crippen LogP contribution in [0.25, 0.3) is 5.59 Å². The molecular formula is HN2O6S2-. The molecule has 0 saturated carbocycles. The summed E-state index contributed by atoms with van der Waals surface area (Å²) in [4.78, 5) is 9.33. The largest absolute Gasteiger partial charge is 0.402 e. The molecule has 0 atom stereocenters. The predicted octanol–water partition coefficient (Wildman–Crippen LogP) is -0.410. The lowest BCUT2D eigenvalue weighted by Crippen LogP contribution is -2.04. The molecule has 0 saturated heterocycles. The van der Waals surface area contributed by atoms with E-state index in [9.17, 15) is 18.5 Å². The van der Waals surface area contributed by atoms with Crippen molar-refractivity contribution in [2.24, 2.45) is 0 Å². The number of rotatable bonds is 4. The van der Waals surface area contributed by atoms with E-state index in [-0.39, 0.29) is 0 Å². The van der Waals surface area contributed by atoms with Gasteiger partial charge in [0, 0.05) is 5.03 Å². The maximum Gasteiger partial charge on any atom is 0.402 e. The second-order valence-corrected chi connectivity index (χ2v) is 2.44. The SMILES string of the molecule is O=[N+]([O-])[N-]OS(=O)(=O)OS. The van der Waals surface area contributed by atoms with Gasteiger partial charge in [-0.15, -0.1) is 0 Å². The van der Waals surface area contributed by atoms with Crippen molar-refractivity contribution in [3.05, 3.63) is 15.7 Å². The van der Waals surface area contributed by atoms with Crippen LogP contribution in [0.2, 0.25) is 0 Å². The molecule has 0 amide bonds. The van der Waals surface area contributed by atoms with Crippen LogP contribution in [0.3, 0.4) is 0 Å². The summed E-state index contributed by atoms with van der Waals surface area (Å²) < 4.78 is 26.5. The third-order valence-electron chi connectivity index (χ3n) is 0.283. The van der Waals surface area contributed by atoms with Crippen LogP contribution in [0.5, 0.6) is 0 Å². The van der Waals surface area contributed by atoms with Gasteiger partial charge in [-0.1, -0.05) is 0 Å². The van der Waals surface area contributed by atoms with Crippen LogP contribution in [-0.4, -0.2) is 13.5 Å². The molecule has 0 N–H and O–H groups in total. The molecule has 0 aliphatic carbocycles. The van der Waals surface area contributed by atoms with Gasteiger partial charge in [0.15, 0.2) is 0 Å². The normalized spacial score (nSPS) is 10.9. The van der Waals surface area contributed by atoms with E-state index in [1.54, 1.807) is 0 Å². The smallest absolute Gasteiger partial charge is 0.267 e. The fourth-order valence-electron chi connectivity index (χ4n) is 0.0816. The lowest BCUT2D eigenvalue weighted by Gasteiger charge is -2.06. The summed E-state index contributed by atoms with van der Waals surface area (Å²) in [5.74, 6) is 0. The lowest BCUT2D eigenvalue weighted by atomic mass is 12.6. The molecule has 0 bridgehead atoms. The Balaban J connectivity index is 3.81. The van der Waals surface area contributed by atoms with Crippen LogP contribution in [0.15, 0.2) is 0 Å². The van der Waals surface area contributed by atoms with E-state index in [2.05, 4.69) is 20.8 Å². The van der Waals surface area contributed by atoms with Crippen molar-refractivity contribution < 1.29 is 21.4 Å². The van der Waals surface area contributed by atoms with Gasteiger partial charge in [-0.25, -0.2) is 5.59 Å². The molecule has 10 heteroatoms. The van der Waals surface area contributed by atoms with Gasteiger partial charge >= 0.3 is 10.4 Å². The minimum Gasteiger partial charge on any atom is -0.267 e. The first-order valence-electron chi connectivity index (χ1n) is 1.60. The fourth-order valence-corrected chi connectivity index (χ4v) is 0.327. The maximum absolute atomic E-state index is 9.98. The second kappa shape index (κ2) is 3.55. The number of nitro groups is 1. The van der Waals surface area contributed by atoms with Crippen molar-refractivity contribution in [1.29, 1.82) is 0 Å². The molecular weight excluding hydrogens is 188 g/mol. The highest BCUT2D eigenvalue weighted by Gasteiger charge is 2.04. The van der Waals surface area contributed by atoms with Crippen molar-refractivity contribution in [3.8, 4) is 0 Å². The Hall–Kier alpha value is -0.580. The van der Waals surface area contributed by atoms with Gasteiger partial charge in [0.25, 0.3) is 0 Å². The Bertz CT molecular complexity index is 204. The van der Waals surface area contributed by atoms with Gasteiger partial charge in [0.2, 0.25) is 0 Å².